The molecule has 1 fully saturated rings. The van der Waals surface area contributed by atoms with E-state index in [2.05, 4.69) is 52.3 Å². The summed E-state index contributed by atoms with van der Waals surface area (Å²) in [5.74, 6) is 0. The van der Waals surface area contributed by atoms with Gasteiger partial charge < -0.3 is 0 Å². The summed E-state index contributed by atoms with van der Waals surface area (Å²) in [5, 5.41) is 0. The van der Waals surface area contributed by atoms with Crippen LogP contribution in [-0.2, 0) is 0 Å². The van der Waals surface area contributed by atoms with Crippen molar-refractivity contribution in [2.24, 2.45) is 10.8 Å². The third-order valence-electron chi connectivity index (χ3n) is 4.67. The molecule has 0 spiro atoms. The summed E-state index contributed by atoms with van der Waals surface area (Å²) in [6.45, 7) is 20.3. The predicted octanol–water partition coefficient (Wildman–Crippen LogP) is 6.17. The van der Waals surface area contributed by atoms with Crippen molar-refractivity contribution < 1.29 is 0 Å². The molecule has 1 rings (SSSR count). The number of allylic oxidation sites excluding steroid dienone is 8. The van der Waals surface area contributed by atoms with Crippen LogP contribution in [0.15, 0.2) is 73.9 Å². The molecule has 0 heteroatoms. The standard InChI is InChI=1S/C20H28/c1-7-12-17(9-3)19(5)14-11-15-20(6,16-19)18(10-4)13-8-2/h7-10,12-13H,1-4,11,14-16H2,5-6H3/b17-12+,18-13+. The van der Waals surface area contributed by atoms with Crippen molar-refractivity contribution in [3.63, 3.8) is 0 Å². The lowest BCUT2D eigenvalue weighted by Gasteiger charge is -2.46. The van der Waals surface area contributed by atoms with Crippen molar-refractivity contribution >= 4 is 0 Å². The lowest BCUT2D eigenvalue weighted by Crippen LogP contribution is -2.34. The zero-order valence-electron chi connectivity index (χ0n) is 13.1. The van der Waals surface area contributed by atoms with Gasteiger partial charge in [-0.1, -0.05) is 83.0 Å². The molecule has 0 heterocycles. The van der Waals surface area contributed by atoms with Crippen LogP contribution in [0.1, 0.15) is 39.5 Å². The van der Waals surface area contributed by atoms with Crippen LogP contribution in [0.25, 0.3) is 0 Å². The minimum atomic E-state index is 0.159. The van der Waals surface area contributed by atoms with Crippen LogP contribution >= 0.6 is 0 Å². The molecule has 0 N–H and O–H groups in total. The molecule has 20 heavy (non-hydrogen) atoms. The lowest BCUT2D eigenvalue weighted by molar-refractivity contribution is 0.150. The van der Waals surface area contributed by atoms with Gasteiger partial charge in [0.05, 0.1) is 0 Å². The summed E-state index contributed by atoms with van der Waals surface area (Å²) in [7, 11) is 0. The molecule has 0 aliphatic heterocycles. The Hall–Kier alpha value is -1.56. The first-order valence-corrected chi connectivity index (χ1v) is 7.37. The molecule has 2 unspecified atom stereocenters. The first kappa shape index (κ1) is 16.5. The van der Waals surface area contributed by atoms with Gasteiger partial charge in [-0.05, 0) is 41.2 Å². The van der Waals surface area contributed by atoms with E-state index in [1.807, 2.05) is 24.3 Å². The highest BCUT2D eigenvalue weighted by atomic mass is 14.5. The highest BCUT2D eigenvalue weighted by Crippen LogP contribution is 2.53. The summed E-state index contributed by atoms with van der Waals surface area (Å²) < 4.78 is 0. The van der Waals surface area contributed by atoms with Crippen molar-refractivity contribution in [2.75, 3.05) is 0 Å². The average Bonchev–Trinajstić information content (AvgIpc) is 2.41. The maximum atomic E-state index is 3.98. The van der Waals surface area contributed by atoms with Crippen molar-refractivity contribution in [2.45, 2.75) is 39.5 Å². The fraction of sp³-hybridized carbons (Fsp3) is 0.400. The van der Waals surface area contributed by atoms with E-state index in [1.165, 1.54) is 30.4 Å². The fourth-order valence-electron chi connectivity index (χ4n) is 3.68. The summed E-state index contributed by atoms with van der Waals surface area (Å²) in [5.41, 5.74) is 2.90. The Morgan fingerprint density at radius 1 is 0.800 bits per heavy atom. The molecular weight excluding hydrogens is 240 g/mol. The van der Waals surface area contributed by atoms with Gasteiger partial charge in [0.25, 0.3) is 0 Å². The zero-order chi connectivity index (χ0) is 15.2. The van der Waals surface area contributed by atoms with Gasteiger partial charge in [-0.2, -0.15) is 0 Å². The van der Waals surface area contributed by atoms with Crippen LogP contribution in [0, 0.1) is 10.8 Å². The SMILES string of the molecule is C=C/C=C(\C=C)C1(C)CCCC(C)(/C(C=C)=C/C=C)C1. The molecule has 1 saturated carbocycles. The molecule has 1 aliphatic rings. The molecule has 0 saturated heterocycles. The minimum Gasteiger partial charge on any atom is -0.0991 e. The first-order valence-electron chi connectivity index (χ1n) is 7.37. The molecule has 0 radical (unpaired) electrons. The van der Waals surface area contributed by atoms with Gasteiger partial charge in [0, 0.05) is 0 Å². The predicted molar refractivity (Wildman–Crippen MR) is 91.6 cm³/mol. The van der Waals surface area contributed by atoms with Crippen molar-refractivity contribution in [3.8, 4) is 0 Å². The molecule has 0 amide bonds. The number of hydrogen-bond donors (Lipinski definition) is 0. The quantitative estimate of drug-likeness (QED) is 0.505. The Morgan fingerprint density at radius 3 is 1.50 bits per heavy atom. The van der Waals surface area contributed by atoms with Crippen LogP contribution in [0.3, 0.4) is 0 Å². The monoisotopic (exact) mass is 268 g/mol. The van der Waals surface area contributed by atoms with E-state index in [9.17, 15) is 0 Å². The van der Waals surface area contributed by atoms with Gasteiger partial charge in [-0.15, -0.1) is 0 Å². The second-order valence-electron chi connectivity index (χ2n) is 6.28. The second-order valence-corrected chi connectivity index (χ2v) is 6.28. The zero-order valence-corrected chi connectivity index (χ0v) is 13.1. The summed E-state index contributed by atoms with van der Waals surface area (Å²) in [6.07, 6.45) is 16.6. The van der Waals surface area contributed by atoms with Gasteiger partial charge in [-0.25, -0.2) is 0 Å². The molecule has 0 aromatic carbocycles. The Bertz CT molecular complexity index is 418. The Labute approximate surface area is 125 Å². The van der Waals surface area contributed by atoms with E-state index in [-0.39, 0.29) is 10.8 Å². The van der Waals surface area contributed by atoms with Crippen molar-refractivity contribution in [1.29, 1.82) is 0 Å². The largest absolute Gasteiger partial charge is 0.0991 e. The van der Waals surface area contributed by atoms with E-state index in [4.69, 9.17) is 0 Å². The second kappa shape index (κ2) is 6.74. The summed E-state index contributed by atoms with van der Waals surface area (Å²) in [4.78, 5) is 0. The molecule has 2 atom stereocenters. The normalized spacial score (nSPS) is 31.5. The van der Waals surface area contributed by atoms with E-state index < -0.39 is 0 Å². The molecular formula is C20H28. The molecule has 1 aliphatic carbocycles. The Kier molecular flexibility index (Phi) is 5.56. The first-order chi connectivity index (χ1) is 9.45. The smallest absolute Gasteiger partial charge is 0.00671 e. The molecule has 0 nitrogen and oxygen atoms in total. The highest BCUT2D eigenvalue weighted by Gasteiger charge is 2.41. The van der Waals surface area contributed by atoms with E-state index >= 15 is 0 Å². The molecule has 108 valence electrons. The topological polar surface area (TPSA) is 0 Å². The third-order valence-corrected chi connectivity index (χ3v) is 4.67. The van der Waals surface area contributed by atoms with Crippen LogP contribution in [0.4, 0.5) is 0 Å². The van der Waals surface area contributed by atoms with Crippen molar-refractivity contribution in [1.82, 2.24) is 0 Å². The minimum absolute atomic E-state index is 0.159. The highest BCUT2D eigenvalue weighted by molar-refractivity contribution is 5.34. The molecule has 0 aromatic rings. The lowest BCUT2D eigenvalue weighted by atomic mass is 9.58. The summed E-state index contributed by atoms with van der Waals surface area (Å²) in [6, 6.07) is 0. The number of rotatable bonds is 6. The van der Waals surface area contributed by atoms with Crippen LogP contribution < -0.4 is 0 Å². The van der Waals surface area contributed by atoms with Crippen LogP contribution in [-0.4, -0.2) is 0 Å². The fourth-order valence-corrected chi connectivity index (χ4v) is 3.68. The Balaban J connectivity index is 3.18. The summed E-state index contributed by atoms with van der Waals surface area (Å²) >= 11 is 0. The van der Waals surface area contributed by atoms with Crippen molar-refractivity contribution in [3.05, 3.63) is 73.9 Å². The van der Waals surface area contributed by atoms with E-state index in [1.54, 1.807) is 0 Å². The maximum Gasteiger partial charge on any atom is -0.00671 e. The van der Waals surface area contributed by atoms with Gasteiger partial charge in [0.1, 0.15) is 0 Å². The third kappa shape index (κ3) is 3.30. The van der Waals surface area contributed by atoms with Gasteiger partial charge >= 0.3 is 0 Å². The van der Waals surface area contributed by atoms with Gasteiger partial charge in [0.2, 0.25) is 0 Å². The maximum absolute atomic E-state index is 3.98. The van der Waals surface area contributed by atoms with Crippen LogP contribution in [0.5, 0.6) is 0 Å². The number of hydrogen-bond acceptors (Lipinski definition) is 0. The van der Waals surface area contributed by atoms with E-state index in [0.717, 1.165) is 6.42 Å². The molecule has 0 bridgehead atoms. The molecule has 0 aromatic heterocycles. The average molecular weight is 268 g/mol. The van der Waals surface area contributed by atoms with Crippen LogP contribution in [0.2, 0.25) is 0 Å². The Morgan fingerprint density at radius 2 is 1.20 bits per heavy atom. The van der Waals surface area contributed by atoms with E-state index in [0.29, 0.717) is 0 Å². The van der Waals surface area contributed by atoms with Gasteiger partial charge in [-0.3, -0.25) is 0 Å². The van der Waals surface area contributed by atoms with Gasteiger partial charge in [0.15, 0.2) is 0 Å².